The van der Waals surface area contributed by atoms with Gasteiger partial charge in [-0.05, 0) is 61.2 Å². The van der Waals surface area contributed by atoms with Gasteiger partial charge in [0.2, 0.25) is 0 Å². The summed E-state index contributed by atoms with van der Waals surface area (Å²) in [5.41, 5.74) is 11.8. The molecule has 2 heterocycles. The van der Waals surface area contributed by atoms with Gasteiger partial charge in [0.15, 0.2) is 0 Å². The minimum absolute atomic E-state index is 0.0265. The van der Waals surface area contributed by atoms with Crippen molar-refractivity contribution in [3.63, 3.8) is 0 Å². The summed E-state index contributed by atoms with van der Waals surface area (Å²) < 4.78 is 0. The largest absolute Gasteiger partial charge is 0.365 e. The molecule has 3 aromatic rings. The van der Waals surface area contributed by atoms with E-state index in [0.717, 1.165) is 39.8 Å². The SMILES string of the molecule is Cc1ccc2[nH]c3c(c2c1)CCC(=C\c1ccccn1)/C3=C(\C#N)C(N)=O. The number of aromatic nitrogens is 2. The molecule has 0 atom stereocenters. The van der Waals surface area contributed by atoms with Crippen LogP contribution in [0.1, 0.15) is 28.9 Å². The summed E-state index contributed by atoms with van der Waals surface area (Å²) in [6.45, 7) is 2.05. The number of primary amides is 1. The van der Waals surface area contributed by atoms with Gasteiger partial charge >= 0.3 is 0 Å². The molecule has 1 aliphatic rings. The number of hydrogen-bond donors (Lipinski definition) is 2. The second-order valence-corrected chi connectivity index (χ2v) is 6.68. The van der Waals surface area contributed by atoms with E-state index in [1.54, 1.807) is 6.20 Å². The zero-order valence-corrected chi connectivity index (χ0v) is 14.9. The number of benzene rings is 1. The Bertz CT molecular complexity index is 1160. The summed E-state index contributed by atoms with van der Waals surface area (Å²) in [6.07, 6.45) is 5.17. The number of pyridine rings is 1. The molecular weight excluding hydrogens is 336 g/mol. The number of aromatic amines is 1. The van der Waals surface area contributed by atoms with Crippen molar-refractivity contribution in [2.75, 3.05) is 0 Å². The van der Waals surface area contributed by atoms with E-state index in [9.17, 15) is 10.1 Å². The predicted octanol–water partition coefficient (Wildman–Crippen LogP) is 3.66. The number of rotatable bonds is 2. The molecule has 0 saturated carbocycles. The Morgan fingerprint density at radius 1 is 1.30 bits per heavy atom. The first-order valence-electron chi connectivity index (χ1n) is 8.76. The van der Waals surface area contributed by atoms with Crippen LogP contribution in [-0.2, 0) is 11.2 Å². The third kappa shape index (κ3) is 2.91. The molecule has 0 fully saturated rings. The summed E-state index contributed by atoms with van der Waals surface area (Å²) in [4.78, 5) is 19.7. The normalized spacial score (nSPS) is 16.8. The van der Waals surface area contributed by atoms with Gasteiger partial charge < -0.3 is 10.7 Å². The molecule has 1 aliphatic carbocycles. The molecule has 5 nitrogen and oxygen atoms in total. The van der Waals surface area contributed by atoms with Gasteiger partial charge in [0.05, 0.1) is 11.4 Å². The quantitative estimate of drug-likeness (QED) is 0.543. The van der Waals surface area contributed by atoms with Gasteiger partial charge in [-0.25, -0.2) is 0 Å². The Morgan fingerprint density at radius 2 is 2.15 bits per heavy atom. The number of aryl methyl sites for hydroxylation is 2. The van der Waals surface area contributed by atoms with Gasteiger partial charge in [-0.3, -0.25) is 9.78 Å². The van der Waals surface area contributed by atoms with E-state index >= 15 is 0 Å². The maximum absolute atomic E-state index is 12.0. The molecule has 0 bridgehead atoms. The van der Waals surface area contributed by atoms with Gasteiger partial charge in [0.1, 0.15) is 11.6 Å². The molecule has 0 unspecified atom stereocenters. The van der Waals surface area contributed by atoms with Crippen LogP contribution in [0.25, 0.3) is 22.6 Å². The lowest BCUT2D eigenvalue weighted by Crippen LogP contribution is -2.17. The number of nitrogens with two attached hydrogens (primary N) is 1. The van der Waals surface area contributed by atoms with Gasteiger partial charge in [-0.1, -0.05) is 17.7 Å². The van der Waals surface area contributed by atoms with Crippen molar-refractivity contribution in [3.8, 4) is 6.07 Å². The third-order valence-electron chi connectivity index (χ3n) is 4.90. The Hall–Kier alpha value is -3.65. The van der Waals surface area contributed by atoms with E-state index in [1.807, 2.05) is 42.5 Å². The standard InChI is InChI=1S/C22H18N4O/c1-13-5-8-19-17(10-13)16-7-6-14(11-15-4-2-3-9-25-15)20(21(16)26-19)18(12-23)22(24)27/h2-5,8-11,26H,6-7H2,1H3,(H2,24,27)/b14-11+,20-18-. The first-order valence-corrected chi connectivity index (χ1v) is 8.76. The number of nitriles is 1. The molecule has 0 spiro atoms. The van der Waals surface area contributed by atoms with Crippen molar-refractivity contribution in [1.29, 1.82) is 5.26 Å². The Balaban J connectivity index is 2.01. The Labute approximate surface area is 156 Å². The van der Waals surface area contributed by atoms with Crippen LogP contribution >= 0.6 is 0 Å². The molecule has 0 saturated heterocycles. The first-order chi connectivity index (χ1) is 13.1. The third-order valence-corrected chi connectivity index (χ3v) is 4.90. The van der Waals surface area contributed by atoms with Crippen molar-refractivity contribution < 1.29 is 4.79 Å². The molecule has 27 heavy (non-hydrogen) atoms. The fourth-order valence-corrected chi connectivity index (χ4v) is 3.68. The lowest BCUT2D eigenvalue weighted by atomic mass is 9.83. The molecule has 4 rings (SSSR count). The van der Waals surface area contributed by atoms with Crippen molar-refractivity contribution in [2.45, 2.75) is 19.8 Å². The van der Waals surface area contributed by atoms with Gasteiger partial charge in [0.25, 0.3) is 5.91 Å². The van der Waals surface area contributed by atoms with Crippen LogP contribution in [0.2, 0.25) is 0 Å². The number of amides is 1. The molecule has 2 aromatic heterocycles. The summed E-state index contributed by atoms with van der Waals surface area (Å²) >= 11 is 0. The molecule has 1 aromatic carbocycles. The van der Waals surface area contributed by atoms with Crippen LogP contribution in [0, 0.1) is 18.3 Å². The smallest absolute Gasteiger partial charge is 0.260 e. The highest BCUT2D eigenvalue weighted by atomic mass is 16.1. The molecule has 0 aliphatic heterocycles. The first kappa shape index (κ1) is 16.8. The lowest BCUT2D eigenvalue weighted by Gasteiger charge is -2.20. The highest BCUT2D eigenvalue weighted by Crippen LogP contribution is 2.41. The minimum Gasteiger partial charge on any atom is -0.365 e. The second-order valence-electron chi connectivity index (χ2n) is 6.68. The number of carbonyl (C=O) groups excluding carboxylic acids is 1. The Kier molecular flexibility index (Phi) is 4.09. The van der Waals surface area contributed by atoms with Crippen LogP contribution < -0.4 is 5.73 Å². The number of carbonyl (C=O) groups is 1. The van der Waals surface area contributed by atoms with E-state index in [0.29, 0.717) is 12.0 Å². The summed E-state index contributed by atoms with van der Waals surface area (Å²) in [5.74, 6) is -0.720. The molecule has 5 heteroatoms. The van der Waals surface area contributed by atoms with Crippen molar-refractivity contribution in [3.05, 3.63) is 76.3 Å². The number of nitrogens with one attached hydrogen (secondary N) is 1. The van der Waals surface area contributed by atoms with E-state index in [4.69, 9.17) is 5.73 Å². The average Bonchev–Trinajstić information content (AvgIpc) is 3.02. The monoisotopic (exact) mass is 354 g/mol. The van der Waals surface area contributed by atoms with Crippen molar-refractivity contribution in [2.24, 2.45) is 5.73 Å². The number of nitrogens with zero attached hydrogens (tertiary/aromatic N) is 2. The summed E-state index contributed by atoms with van der Waals surface area (Å²) in [5, 5.41) is 10.7. The fourth-order valence-electron chi connectivity index (χ4n) is 3.68. The van der Waals surface area contributed by atoms with Crippen molar-refractivity contribution >= 4 is 28.5 Å². The van der Waals surface area contributed by atoms with Gasteiger partial charge in [0, 0.05) is 22.7 Å². The number of fused-ring (bicyclic) bond motifs is 3. The molecule has 132 valence electrons. The minimum atomic E-state index is -0.720. The number of H-pyrrole nitrogens is 1. The van der Waals surface area contributed by atoms with E-state index in [2.05, 4.69) is 23.0 Å². The summed E-state index contributed by atoms with van der Waals surface area (Å²) in [6, 6.07) is 13.9. The molecule has 1 amide bonds. The number of allylic oxidation sites excluding steroid dienone is 2. The topological polar surface area (TPSA) is 95.6 Å². The predicted molar refractivity (Wildman–Crippen MR) is 105 cm³/mol. The highest BCUT2D eigenvalue weighted by molar-refractivity contribution is 6.09. The Morgan fingerprint density at radius 3 is 2.85 bits per heavy atom. The molecule has 3 N–H and O–H groups in total. The van der Waals surface area contributed by atoms with Gasteiger partial charge in [-0.15, -0.1) is 0 Å². The zero-order valence-electron chi connectivity index (χ0n) is 14.9. The zero-order chi connectivity index (χ0) is 19.0. The second kappa shape index (κ2) is 6.58. The highest BCUT2D eigenvalue weighted by Gasteiger charge is 2.27. The van der Waals surface area contributed by atoms with E-state index < -0.39 is 5.91 Å². The lowest BCUT2D eigenvalue weighted by molar-refractivity contribution is -0.114. The van der Waals surface area contributed by atoms with Crippen molar-refractivity contribution in [1.82, 2.24) is 9.97 Å². The van der Waals surface area contributed by atoms with E-state index in [1.165, 1.54) is 5.56 Å². The fraction of sp³-hybridized carbons (Fsp3) is 0.136. The van der Waals surface area contributed by atoms with Crippen LogP contribution in [0.5, 0.6) is 0 Å². The molecule has 0 radical (unpaired) electrons. The van der Waals surface area contributed by atoms with Crippen LogP contribution in [0.15, 0.2) is 53.7 Å². The van der Waals surface area contributed by atoms with Gasteiger partial charge in [-0.2, -0.15) is 5.26 Å². The maximum Gasteiger partial charge on any atom is 0.260 e. The van der Waals surface area contributed by atoms with Crippen LogP contribution in [0.4, 0.5) is 0 Å². The average molecular weight is 354 g/mol. The molecular formula is C22H18N4O. The number of hydrogen-bond acceptors (Lipinski definition) is 3. The van der Waals surface area contributed by atoms with E-state index in [-0.39, 0.29) is 5.57 Å². The maximum atomic E-state index is 12.0. The van der Waals surface area contributed by atoms with Crippen LogP contribution in [0.3, 0.4) is 0 Å². The van der Waals surface area contributed by atoms with Crippen LogP contribution in [-0.4, -0.2) is 15.9 Å². The summed E-state index contributed by atoms with van der Waals surface area (Å²) in [7, 11) is 0.